The van der Waals surface area contributed by atoms with Crippen molar-refractivity contribution in [3.05, 3.63) is 29.3 Å². The fourth-order valence-corrected chi connectivity index (χ4v) is 2.20. The molecule has 0 aliphatic carbocycles. The number of halogens is 3. The van der Waals surface area contributed by atoms with Crippen LogP contribution >= 0.6 is 0 Å². The predicted molar refractivity (Wildman–Crippen MR) is 89.0 cm³/mol. The smallest absolute Gasteiger partial charge is 0.370 e. The Morgan fingerprint density at radius 1 is 1.25 bits per heavy atom. The standard InChI is InChI=1S/C16H23F3N4O/c1-4-11-7-6-8-12(5-2)14(11)22-15(20)21-9-13(24)23(3)10-16(17,18)19/h6-8H,4-5,9-10H2,1-3H3,(H3,20,21,22). The number of likely N-dealkylation sites (N-methyl/N-ethyl adjacent to an activating group) is 1. The third-order valence-electron chi connectivity index (χ3n) is 3.48. The maximum absolute atomic E-state index is 12.3. The number of rotatable bonds is 6. The zero-order valence-electron chi connectivity index (χ0n) is 14.1. The first-order chi connectivity index (χ1) is 11.2. The lowest BCUT2D eigenvalue weighted by molar-refractivity contribution is -0.157. The molecule has 1 rings (SSSR count). The minimum absolute atomic E-state index is 0.000594. The van der Waals surface area contributed by atoms with Gasteiger partial charge in [-0.25, -0.2) is 4.99 Å². The van der Waals surface area contributed by atoms with Crippen LogP contribution in [-0.2, 0) is 17.6 Å². The SMILES string of the molecule is CCc1cccc(CC)c1NC(N)=NCC(=O)N(C)CC(F)(F)F. The number of amides is 1. The summed E-state index contributed by atoms with van der Waals surface area (Å²) in [4.78, 5) is 16.1. The van der Waals surface area contributed by atoms with Gasteiger partial charge in [-0.2, -0.15) is 13.2 Å². The fourth-order valence-electron chi connectivity index (χ4n) is 2.20. The molecule has 8 heteroatoms. The van der Waals surface area contributed by atoms with E-state index in [0.29, 0.717) is 4.90 Å². The largest absolute Gasteiger partial charge is 0.406 e. The second-order valence-corrected chi connectivity index (χ2v) is 5.35. The van der Waals surface area contributed by atoms with E-state index in [-0.39, 0.29) is 5.96 Å². The van der Waals surface area contributed by atoms with Gasteiger partial charge in [0.05, 0.1) is 0 Å². The van der Waals surface area contributed by atoms with E-state index in [0.717, 1.165) is 36.7 Å². The van der Waals surface area contributed by atoms with Crippen molar-refractivity contribution in [2.75, 3.05) is 25.5 Å². The number of aryl methyl sites for hydroxylation is 2. The van der Waals surface area contributed by atoms with Gasteiger partial charge in [-0.3, -0.25) is 4.79 Å². The molecule has 24 heavy (non-hydrogen) atoms. The van der Waals surface area contributed by atoms with E-state index in [2.05, 4.69) is 10.3 Å². The van der Waals surface area contributed by atoms with Crippen LogP contribution in [0.4, 0.5) is 18.9 Å². The molecule has 0 aromatic heterocycles. The summed E-state index contributed by atoms with van der Waals surface area (Å²) in [6, 6.07) is 5.86. The Bertz CT molecular complexity index is 577. The van der Waals surface area contributed by atoms with Gasteiger partial charge in [0.2, 0.25) is 5.91 Å². The zero-order valence-corrected chi connectivity index (χ0v) is 14.1. The molecule has 5 nitrogen and oxygen atoms in total. The van der Waals surface area contributed by atoms with Crippen LogP contribution in [0.1, 0.15) is 25.0 Å². The molecule has 1 amide bonds. The van der Waals surface area contributed by atoms with Crippen molar-refractivity contribution in [1.29, 1.82) is 0 Å². The van der Waals surface area contributed by atoms with E-state index in [1.54, 1.807) is 0 Å². The van der Waals surface area contributed by atoms with Crippen LogP contribution in [-0.4, -0.2) is 43.1 Å². The van der Waals surface area contributed by atoms with Crippen LogP contribution in [0.15, 0.2) is 23.2 Å². The average molecular weight is 344 g/mol. The number of para-hydroxylation sites is 1. The maximum Gasteiger partial charge on any atom is 0.406 e. The number of benzene rings is 1. The van der Waals surface area contributed by atoms with Gasteiger partial charge in [0.25, 0.3) is 0 Å². The van der Waals surface area contributed by atoms with E-state index in [1.165, 1.54) is 0 Å². The number of anilines is 1. The lowest BCUT2D eigenvalue weighted by Gasteiger charge is -2.18. The van der Waals surface area contributed by atoms with Gasteiger partial charge in [0.1, 0.15) is 13.1 Å². The number of alkyl halides is 3. The third-order valence-corrected chi connectivity index (χ3v) is 3.48. The molecule has 0 bridgehead atoms. The van der Waals surface area contributed by atoms with Crippen LogP contribution in [0.25, 0.3) is 0 Å². The van der Waals surface area contributed by atoms with Crippen molar-refractivity contribution in [3.8, 4) is 0 Å². The van der Waals surface area contributed by atoms with E-state index in [4.69, 9.17) is 5.73 Å². The maximum atomic E-state index is 12.3. The fraction of sp³-hybridized carbons (Fsp3) is 0.500. The highest BCUT2D eigenvalue weighted by molar-refractivity contribution is 5.95. The van der Waals surface area contributed by atoms with Crippen molar-refractivity contribution < 1.29 is 18.0 Å². The Balaban J connectivity index is 2.76. The predicted octanol–water partition coefficient (Wildman–Crippen LogP) is 2.56. The Labute approximate surface area is 139 Å². The summed E-state index contributed by atoms with van der Waals surface area (Å²) in [5, 5.41) is 2.96. The van der Waals surface area contributed by atoms with E-state index in [1.807, 2.05) is 32.0 Å². The quantitative estimate of drug-likeness (QED) is 0.615. The first kappa shape index (κ1) is 19.8. The van der Waals surface area contributed by atoms with Crippen molar-refractivity contribution in [2.24, 2.45) is 10.7 Å². The Kier molecular flexibility index (Phi) is 7.06. The number of nitrogens with zero attached hydrogens (tertiary/aromatic N) is 2. The topological polar surface area (TPSA) is 70.7 Å². The molecule has 0 saturated heterocycles. The number of hydrogen-bond donors (Lipinski definition) is 2. The zero-order chi connectivity index (χ0) is 18.3. The van der Waals surface area contributed by atoms with Crippen molar-refractivity contribution in [1.82, 2.24) is 4.90 Å². The van der Waals surface area contributed by atoms with E-state index in [9.17, 15) is 18.0 Å². The van der Waals surface area contributed by atoms with Gasteiger partial charge in [-0.15, -0.1) is 0 Å². The number of aliphatic imine (C=N–C) groups is 1. The van der Waals surface area contributed by atoms with E-state index >= 15 is 0 Å². The molecule has 1 aromatic rings. The second kappa shape index (κ2) is 8.56. The molecular weight excluding hydrogens is 321 g/mol. The van der Waals surface area contributed by atoms with Crippen molar-refractivity contribution in [3.63, 3.8) is 0 Å². The van der Waals surface area contributed by atoms with Gasteiger partial charge < -0.3 is 16.0 Å². The van der Waals surface area contributed by atoms with Gasteiger partial charge in [0, 0.05) is 12.7 Å². The molecule has 0 saturated carbocycles. The van der Waals surface area contributed by atoms with Crippen LogP contribution in [0.5, 0.6) is 0 Å². The summed E-state index contributed by atoms with van der Waals surface area (Å²) >= 11 is 0. The summed E-state index contributed by atoms with van der Waals surface area (Å²) < 4.78 is 36.8. The van der Waals surface area contributed by atoms with Gasteiger partial charge in [0.15, 0.2) is 5.96 Å². The minimum Gasteiger partial charge on any atom is -0.370 e. The molecule has 0 atom stereocenters. The number of nitrogens with two attached hydrogens (primary N) is 1. The highest BCUT2D eigenvalue weighted by atomic mass is 19.4. The number of carbonyl (C=O) groups is 1. The number of carbonyl (C=O) groups excluding carboxylic acids is 1. The molecule has 0 spiro atoms. The van der Waals surface area contributed by atoms with Crippen LogP contribution in [0.3, 0.4) is 0 Å². The molecule has 0 radical (unpaired) electrons. The summed E-state index contributed by atoms with van der Waals surface area (Å²) in [5.41, 5.74) is 8.71. The van der Waals surface area contributed by atoms with Crippen LogP contribution < -0.4 is 11.1 Å². The molecule has 0 heterocycles. The number of hydrogen-bond acceptors (Lipinski definition) is 2. The molecule has 0 aliphatic heterocycles. The summed E-state index contributed by atoms with van der Waals surface area (Å²) in [7, 11) is 1.08. The van der Waals surface area contributed by atoms with Crippen molar-refractivity contribution in [2.45, 2.75) is 32.9 Å². The van der Waals surface area contributed by atoms with Gasteiger partial charge in [-0.05, 0) is 24.0 Å². The summed E-state index contributed by atoms with van der Waals surface area (Å²) in [5.74, 6) is -0.754. The average Bonchev–Trinajstić information content (AvgIpc) is 2.51. The van der Waals surface area contributed by atoms with Gasteiger partial charge >= 0.3 is 6.18 Å². The highest BCUT2D eigenvalue weighted by Crippen LogP contribution is 2.22. The highest BCUT2D eigenvalue weighted by Gasteiger charge is 2.30. The first-order valence-corrected chi connectivity index (χ1v) is 7.66. The van der Waals surface area contributed by atoms with Crippen LogP contribution in [0.2, 0.25) is 0 Å². The molecular formula is C16H23F3N4O. The van der Waals surface area contributed by atoms with E-state index < -0.39 is 25.2 Å². The van der Waals surface area contributed by atoms with Gasteiger partial charge in [-0.1, -0.05) is 32.0 Å². The second-order valence-electron chi connectivity index (χ2n) is 5.35. The molecule has 0 unspecified atom stereocenters. The normalized spacial score (nSPS) is 12.2. The summed E-state index contributed by atoms with van der Waals surface area (Å²) in [6.45, 7) is 2.25. The Morgan fingerprint density at radius 3 is 2.25 bits per heavy atom. The lowest BCUT2D eigenvalue weighted by Crippen LogP contribution is -2.37. The molecule has 1 aromatic carbocycles. The minimum atomic E-state index is -4.44. The Hall–Kier alpha value is -2.25. The summed E-state index contributed by atoms with van der Waals surface area (Å²) in [6.07, 6.45) is -2.86. The molecule has 134 valence electrons. The monoisotopic (exact) mass is 344 g/mol. The number of guanidine groups is 1. The third kappa shape index (κ3) is 6.10. The molecule has 0 aliphatic rings. The lowest BCUT2D eigenvalue weighted by atomic mass is 10.0. The first-order valence-electron chi connectivity index (χ1n) is 7.66. The molecule has 0 fully saturated rings. The van der Waals surface area contributed by atoms with Crippen molar-refractivity contribution >= 4 is 17.6 Å². The molecule has 3 N–H and O–H groups in total. The number of nitrogens with one attached hydrogen (secondary N) is 1. The van der Waals surface area contributed by atoms with Crippen LogP contribution in [0, 0.1) is 0 Å². The Morgan fingerprint density at radius 2 is 1.79 bits per heavy atom.